The fourth-order valence-corrected chi connectivity index (χ4v) is 3.72. The van der Waals surface area contributed by atoms with Gasteiger partial charge in [0, 0.05) is 13.6 Å². The van der Waals surface area contributed by atoms with Gasteiger partial charge in [0.1, 0.15) is 11.5 Å². The van der Waals surface area contributed by atoms with Crippen LogP contribution < -0.4 is 9.47 Å². The van der Waals surface area contributed by atoms with E-state index >= 15 is 0 Å². The molecule has 0 heterocycles. The summed E-state index contributed by atoms with van der Waals surface area (Å²) in [5, 5.41) is 10.3. The molecule has 0 bridgehead atoms. The maximum absolute atomic E-state index is 12.5. The number of aliphatic hydroxyl groups excluding tert-OH is 1. The minimum atomic E-state index is -3.50. The van der Waals surface area contributed by atoms with Crippen LogP contribution in [0.5, 0.6) is 11.5 Å². The van der Waals surface area contributed by atoms with Gasteiger partial charge in [0.15, 0.2) is 0 Å². The second kappa shape index (κ2) is 9.02. The van der Waals surface area contributed by atoms with E-state index in [1.54, 1.807) is 38.5 Å². The van der Waals surface area contributed by atoms with E-state index in [1.807, 2.05) is 24.3 Å². The highest BCUT2D eigenvalue weighted by Crippen LogP contribution is 2.21. The number of likely N-dealkylation sites (N-methyl/N-ethyl adjacent to an activating group) is 1. The number of aliphatic hydroxyl groups is 1. The lowest BCUT2D eigenvalue weighted by Gasteiger charge is -2.21. The van der Waals surface area contributed by atoms with E-state index < -0.39 is 16.1 Å². The van der Waals surface area contributed by atoms with Crippen LogP contribution in [0.4, 0.5) is 0 Å². The zero-order valence-electron chi connectivity index (χ0n) is 15.3. The summed E-state index contributed by atoms with van der Waals surface area (Å²) in [6.07, 6.45) is -0.555. The predicted octanol–water partition coefficient (Wildman–Crippen LogP) is 2.24. The van der Waals surface area contributed by atoms with Gasteiger partial charge in [-0.15, -0.1) is 0 Å². The van der Waals surface area contributed by atoms with Crippen molar-refractivity contribution < 1.29 is 23.0 Å². The van der Waals surface area contributed by atoms with Gasteiger partial charge in [0.05, 0.1) is 26.1 Å². The highest BCUT2D eigenvalue weighted by molar-refractivity contribution is 7.89. The van der Waals surface area contributed by atoms with Crippen molar-refractivity contribution in [2.45, 2.75) is 12.5 Å². The molecule has 0 saturated carbocycles. The van der Waals surface area contributed by atoms with Crippen molar-refractivity contribution >= 4 is 10.0 Å². The van der Waals surface area contributed by atoms with Crippen LogP contribution >= 0.6 is 0 Å². The van der Waals surface area contributed by atoms with Crippen LogP contribution in [-0.4, -0.2) is 51.4 Å². The summed E-state index contributed by atoms with van der Waals surface area (Å²) in [7, 11) is 1.10. The van der Waals surface area contributed by atoms with Gasteiger partial charge >= 0.3 is 0 Å². The number of sulfonamides is 1. The molecular formula is C19H25NO5S. The smallest absolute Gasteiger partial charge is 0.214 e. The standard InChI is InChI=1S/C19H25NO5S/c1-20(14-19(21)16-7-5-9-18(13-16)25-3)26(22,23)11-10-15-6-4-8-17(12-15)24-2/h4-9,12-13,19,21H,10-11,14H2,1-3H3. The lowest BCUT2D eigenvalue weighted by molar-refractivity contribution is 0.154. The zero-order chi connectivity index (χ0) is 19.2. The first-order valence-corrected chi connectivity index (χ1v) is 9.85. The minimum absolute atomic E-state index is 0.0202. The summed E-state index contributed by atoms with van der Waals surface area (Å²) in [6.45, 7) is -0.0202. The summed E-state index contributed by atoms with van der Waals surface area (Å²) >= 11 is 0. The quantitative estimate of drug-likeness (QED) is 0.723. The Morgan fingerprint density at radius 3 is 2.31 bits per heavy atom. The molecule has 0 spiro atoms. The Morgan fingerprint density at radius 2 is 1.65 bits per heavy atom. The predicted molar refractivity (Wildman–Crippen MR) is 101 cm³/mol. The van der Waals surface area contributed by atoms with E-state index in [-0.39, 0.29) is 12.3 Å². The van der Waals surface area contributed by atoms with Crippen LogP contribution in [0.2, 0.25) is 0 Å². The number of ether oxygens (including phenoxy) is 2. The van der Waals surface area contributed by atoms with Gasteiger partial charge in [-0.2, -0.15) is 0 Å². The number of methoxy groups -OCH3 is 2. The first-order valence-electron chi connectivity index (χ1n) is 8.24. The van der Waals surface area contributed by atoms with Crippen molar-refractivity contribution in [3.8, 4) is 11.5 Å². The van der Waals surface area contributed by atoms with Crippen molar-refractivity contribution in [1.29, 1.82) is 0 Å². The van der Waals surface area contributed by atoms with Crippen molar-refractivity contribution in [3.05, 3.63) is 59.7 Å². The Morgan fingerprint density at radius 1 is 1.04 bits per heavy atom. The molecular weight excluding hydrogens is 354 g/mol. The molecule has 0 aromatic heterocycles. The molecule has 6 nitrogen and oxygen atoms in total. The maximum Gasteiger partial charge on any atom is 0.214 e. The Bertz CT molecular complexity index is 822. The van der Waals surface area contributed by atoms with E-state index in [9.17, 15) is 13.5 Å². The van der Waals surface area contributed by atoms with Gasteiger partial charge in [-0.3, -0.25) is 0 Å². The summed E-state index contributed by atoms with van der Waals surface area (Å²) in [6, 6.07) is 14.3. The summed E-state index contributed by atoms with van der Waals surface area (Å²) in [5.74, 6) is 1.27. The number of nitrogens with zero attached hydrogens (tertiary/aromatic N) is 1. The maximum atomic E-state index is 12.5. The lowest BCUT2D eigenvalue weighted by atomic mass is 10.1. The highest BCUT2D eigenvalue weighted by atomic mass is 32.2. The number of hydrogen-bond donors (Lipinski definition) is 1. The molecule has 0 aliphatic heterocycles. The number of benzene rings is 2. The van der Waals surface area contributed by atoms with Crippen LogP contribution in [0.15, 0.2) is 48.5 Å². The average molecular weight is 379 g/mol. The second-order valence-electron chi connectivity index (χ2n) is 5.99. The molecule has 1 N–H and O–H groups in total. The number of aryl methyl sites for hydroxylation is 1. The Kier molecular flexibility index (Phi) is 7.02. The van der Waals surface area contributed by atoms with Crippen LogP contribution in [0.1, 0.15) is 17.2 Å². The molecule has 0 saturated heterocycles. The third kappa shape index (κ3) is 5.45. The second-order valence-corrected chi connectivity index (χ2v) is 8.19. The molecule has 2 rings (SSSR count). The number of rotatable bonds is 9. The summed E-state index contributed by atoms with van der Waals surface area (Å²) in [5.41, 5.74) is 1.49. The Labute approximate surface area is 155 Å². The van der Waals surface area contributed by atoms with Gasteiger partial charge in [0.2, 0.25) is 10.0 Å². The molecule has 0 fully saturated rings. The van der Waals surface area contributed by atoms with Crippen molar-refractivity contribution in [2.24, 2.45) is 0 Å². The third-order valence-electron chi connectivity index (χ3n) is 4.17. The molecule has 2 aromatic rings. The minimum Gasteiger partial charge on any atom is -0.497 e. The van der Waals surface area contributed by atoms with Crippen molar-refractivity contribution in [3.63, 3.8) is 0 Å². The fourth-order valence-electron chi connectivity index (χ4n) is 2.54. The SMILES string of the molecule is COc1cccc(CCS(=O)(=O)N(C)CC(O)c2cccc(OC)c2)c1. The molecule has 1 unspecified atom stereocenters. The van der Waals surface area contributed by atoms with Crippen molar-refractivity contribution in [2.75, 3.05) is 33.6 Å². The summed E-state index contributed by atoms with van der Waals surface area (Å²) < 4.78 is 36.5. The Balaban J connectivity index is 1.98. The van der Waals surface area contributed by atoms with Gasteiger partial charge in [-0.25, -0.2) is 12.7 Å². The molecule has 0 radical (unpaired) electrons. The fraction of sp³-hybridized carbons (Fsp3) is 0.368. The van der Waals surface area contributed by atoms with Crippen LogP contribution in [0.25, 0.3) is 0 Å². The first kappa shape index (κ1) is 20.2. The van der Waals surface area contributed by atoms with Crippen LogP contribution in [0.3, 0.4) is 0 Å². The van der Waals surface area contributed by atoms with Gasteiger partial charge in [-0.05, 0) is 41.8 Å². The van der Waals surface area contributed by atoms with Crippen LogP contribution in [-0.2, 0) is 16.4 Å². The van der Waals surface area contributed by atoms with Crippen molar-refractivity contribution in [1.82, 2.24) is 4.31 Å². The zero-order valence-corrected chi connectivity index (χ0v) is 16.1. The molecule has 0 amide bonds. The van der Waals surface area contributed by atoms with E-state index in [0.717, 1.165) is 5.56 Å². The highest BCUT2D eigenvalue weighted by Gasteiger charge is 2.21. The van der Waals surface area contributed by atoms with Gasteiger partial charge < -0.3 is 14.6 Å². The molecule has 0 aliphatic carbocycles. The summed E-state index contributed by atoms with van der Waals surface area (Å²) in [4.78, 5) is 0. The average Bonchev–Trinajstić information content (AvgIpc) is 2.66. The van der Waals surface area contributed by atoms with E-state index in [0.29, 0.717) is 23.5 Å². The molecule has 2 aromatic carbocycles. The number of hydrogen-bond acceptors (Lipinski definition) is 5. The monoisotopic (exact) mass is 379 g/mol. The largest absolute Gasteiger partial charge is 0.497 e. The third-order valence-corrected chi connectivity index (χ3v) is 5.99. The first-order chi connectivity index (χ1) is 12.4. The van der Waals surface area contributed by atoms with E-state index in [2.05, 4.69) is 0 Å². The van der Waals surface area contributed by atoms with Gasteiger partial charge in [0.25, 0.3) is 0 Å². The van der Waals surface area contributed by atoms with E-state index in [1.165, 1.54) is 11.4 Å². The lowest BCUT2D eigenvalue weighted by Crippen LogP contribution is -2.33. The topological polar surface area (TPSA) is 76.1 Å². The molecule has 1 atom stereocenters. The molecule has 0 aliphatic rings. The Hall–Kier alpha value is -2.09. The van der Waals surface area contributed by atoms with Crippen LogP contribution in [0, 0.1) is 0 Å². The normalized spacial score (nSPS) is 12.8. The molecule has 26 heavy (non-hydrogen) atoms. The molecule has 7 heteroatoms. The van der Waals surface area contributed by atoms with Gasteiger partial charge in [-0.1, -0.05) is 24.3 Å². The molecule has 142 valence electrons. The van der Waals surface area contributed by atoms with E-state index in [4.69, 9.17) is 9.47 Å².